The van der Waals surface area contributed by atoms with E-state index in [1.165, 1.54) is 76.2 Å². The molecular weight excluding hydrogens is 812 g/mol. The van der Waals surface area contributed by atoms with Crippen LogP contribution >= 0.6 is 0 Å². The number of hydrogen-bond acceptors (Lipinski definition) is 10. The van der Waals surface area contributed by atoms with Crippen molar-refractivity contribution in [3.63, 3.8) is 0 Å². The molecule has 0 bridgehead atoms. The Morgan fingerprint density at radius 1 is 0.375 bits per heavy atom. The van der Waals surface area contributed by atoms with Gasteiger partial charge in [-0.15, -0.1) is 23.0 Å². The van der Waals surface area contributed by atoms with E-state index in [1.807, 2.05) is 72.8 Å². The van der Waals surface area contributed by atoms with Crippen LogP contribution in [-0.2, 0) is 34.1 Å². The van der Waals surface area contributed by atoms with Gasteiger partial charge in [-0.25, -0.2) is 0 Å². The third-order valence-electron chi connectivity index (χ3n) is 6.00. The van der Waals surface area contributed by atoms with Crippen molar-refractivity contribution in [1.29, 1.82) is 0 Å². The van der Waals surface area contributed by atoms with Crippen molar-refractivity contribution in [3.05, 3.63) is 216 Å². The Labute approximate surface area is 348 Å². The van der Waals surface area contributed by atoms with E-state index in [9.17, 15) is 39.6 Å². The van der Waals surface area contributed by atoms with Gasteiger partial charge >= 0.3 is 34.1 Å². The predicted molar refractivity (Wildman–Crippen MR) is 200 cm³/mol. The van der Waals surface area contributed by atoms with Gasteiger partial charge in [0.2, 0.25) is 0 Å². The molecule has 3 aromatic carbocycles. The number of nitrogens with zero attached hydrogens (tertiary/aromatic N) is 2. The van der Waals surface area contributed by atoms with Crippen LogP contribution in [0, 0.1) is 0 Å². The average Bonchev–Trinajstić information content (AvgIpc) is 3.17. The Balaban J connectivity index is 0. The number of aromatic nitrogens is 2. The second-order valence-electron chi connectivity index (χ2n) is 10.8. The molecule has 2 radical (unpaired) electrons. The molecule has 0 saturated heterocycles. The summed E-state index contributed by atoms with van der Waals surface area (Å²) < 4.78 is 0. The number of rotatable bonds is 8. The van der Waals surface area contributed by atoms with Gasteiger partial charge in [0.1, 0.15) is 0 Å². The first-order valence-electron chi connectivity index (χ1n) is 16.3. The molecule has 0 N–H and O–H groups in total. The molecular formula is C44H40Cu2N2O8. The Morgan fingerprint density at radius 3 is 0.714 bits per heavy atom. The largest absolute Gasteiger partial charge is 2.00 e. The first kappa shape index (κ1) is 51.9. The van der Waals surface area contributed by atoms with Crippen molar-refractivity contribution in [2.45, 2.75) is 27.7 Å². The second kappa shape index (κ2) is 31.2. The van der Waals surface area contributed by atoms with Gasteiger partial charge in [-0.3, -0.25) is 29.1 Å². The van der Waals surface area contributed by atoms with Gasteiger partial charge in [0.25, 0.3) is 0 Å². The van der Waals surface area contributed by atoms with E-state index in [0.29, 0.717) is 0 Å². The summed E-state index contributed by atoms with van der Waals surface area (Å²) in [5, 5.41) is 43.2. The Morgan fingerprint density at radius 2 is 0.571 bits per heavy atom. The van der Waals surface area contributed by atoms with Crippen LogP contribution in [0.4, 0.5) is 0 Å². The van der Waals surface area contributed by atoms with Gasteiger partial charge in [0.05, 0.1) is 0 Å². The molecule has 2 aromatic heterocycles. The molecule has 296 valence electrons. The maximum Gasteiger partial charge on any atom is 2.00 e. The Hall–Kier alpha value is -6.16. The van der Waals surface area contributed by atoms with Crippen molar-refractivity contribution >= 4 is 23.1 Å². The number of allylic oxidation sites excluding steroid dienone is 8. The molecule has 0 amide bonds. The van der Waals surface area contributed by atoms with Crippen molar-refractivity contribution in [2.75, 3.05) is 0 Å². The molecule has 5 rings (SSSR count). The standard InChI is InChI=1S/2C14H14O4.C6H6.2C5H5N.2Cu/c2*1-9(15)6-13(17)11-4-3-5-12(8-11)14(18)7-10(2)16;3*1-2-4-6-5-3-1;;/h2*3-8,15-16H,1-2H3;1-6H;2*1-5H;;/q;;;;;2*+2/p-4/b2*9-6-,10-7-;;;;;. The molecule has 0 unspecified atom stereocenters. The van der Waals surface area contributed by atoms with Crippen molar-refractivity contribution in [1.82, 2.24) is 9.97 Å². The van der Waals surface area contributed by atoms with E-state index < -0.39 is 23.1 Å². The maximum absolute atomic E-state index is 11.6. The van der Waals surface area contributed by atoms with Crippen molar-refractivity contribution in [2.24, 2.45) is 0 Å². The number of ketones is 4. The van der Waals surface area contributed by atoms with Gasteiger partial charge in [0.15, 0.2) is 23.1 Å². The molecule has 0 aliphatic rings. The normalized spacial score (nSPS) is 10.5. The zero-order chi connectivity index (χ0) is 40.1. The molecule has 0 aliphatic heterocycles. The zero-order valence-corrected chi connectivity index (χ0v) is 32.8. The summed E-state index contributed by atoms with van der Waals surface area (Å²) in [5.41, 5.74) is 0.974. The van der Waals surface area contributed by atoms with Crippen LogP contribution in [0.25, 0.3) is 0 Å². The van der Waals surface area contributed by atoms with Gasteiger partial charge < -0.3 is 20.4 Å². The molecule has 0 fully saturated rings. The van der Waals surface area contributed by atoms with Crippen LogP contribution < -0.4 is 20.4 Å². The number of benzene rings is 3. The molecule has 2 heterocycles. The number of pyridine rings is 2. The fraction of sp³-hybridized carbons (Fsp3) is 0.0909. The van der Waals surface area contributed by atoms with Gasteiger partial charge in [-0.05, 0) is 60.7 Å². The molecule has 0 spiro atoms. The summed E-state index contributed by atoms with van der Waals surface area (Å²) in [5.74, 6) is -3.25. The third kappa shape index (κ3) is 25.8. The molecule has 56 heavy (non-hydrogen) atoms. The first-order valence-corrected chi connectivity index (χ1v) is 16.3. The Kier molecular flexibility index (Phi) is 29.0. The van der Waals surface area contributed by atoms with Gasteiger partial charge in [-0.1, -0.05) is 113 Å². The van der Waals surface area contributed by atoms with Gasteiger partial charge in [-0.2, -0.15) is 0 Å². The molecule has 12 heteroatoms. The monoisotopic (exact) mass is 850 g/mol. The smallest absolute Gasteiger partial charge is 0.876 e. The van der Waals surface area contributed by atoms with E-state index in [1.54, 1.807) is 24.8 Å². The number of carbonyl (C=O) groups is 4. The summed E-state index contributed by atoms with van der Waals surface area (Å²) in [6, 6.07) is 35.2. The summed E-state index contributed by atoms with van der Waals surface area (Å²) in [7, 11) is 0. The van der Waals surface area contributed by atoms with Crippen LogP contribution in [0.2, 0.25) is 0 Å². The minimum atomic E-state index is -0.458. The summed E-state index contributed by atoms with van der Waals surface area (Å²) in [6.07, 6.45) is 10.8. The van der Waals surface area contributed by atoms with E-state index >= 15 is 0 Å². The SMILES string of the molecule is C/C([O-])=C/C(=O)c1cccc(C(=O)/C=C(/C)[O-])c1.C/C([O-])=C/C(=O)c1cccc(C(=O)/C=C(/C)[O-])c1.[Cu+2].[Cu+2].c1ccccc1.c1ccncc1.c1ccncc1. The van der Waals surface area contributed by atoms with Crippen LogP contribution in [0.5, 0.6) is 0 Å². The van der Waals surface area contributed by atoms with Gasteiger partial charge in [0, 0.05) is 47.0 Å². The van der Waals surface area contributed by atoms with Crippen LogP contribution in [0.15, 0.2) is 193 Å². The van der Waals surface area contributed by atoms with E-state index in [4.69, 9.17) is 0 Å². The van der Waals surface area contributed by atoms with E-state index in [0.717, 1.165) is 24.3 Å². The van der Waals surface area contributed by atoms with Crippen LogP contribution in [0.3, 0.4) is 0 Å². The van der Waals surface area contributed by atoms with E-state index in [-0.39, 0.29) is 79.4 Å². The van der Waals surface area contributed by atoms with Crippen molar-refractivity contribution < 1.29 is 73.7 Å². The topological polar surface area (TPSA) is 186 Å². The summed E-state index contributed by atoms with van der Waals surface area (Å²) >= 11 is 0. The minimum absolute atomic E-state index is 0. The van der Waals surface area contributed by atoms with E-state index in [2.05, 4.69) is 9.97 Å². The first-order chi connectivity index (χ1) is 25.8. The maximum atomic E-state index is 11.6. The quantitative estimate of drug-likeness (QED) is 0.0890. The molecule has 10 nitrogen and oxygen atoms in total. The number of carbonyl (C=O) groups excluding carboxylic acids is 4. The Bertz CT molecular complexity index is 1660. The molecule has 0 atom stereocenters. The van der Waals surface area contributed by atoms with Crippen LogP contribution in [-0.4, -0.2) is 33.1 Å². The second-order valence-corrected chi connectivity index (χ2v) is 10.8. The molecule has 5 aromatic rings. The fourth-order valence-electron chi connectivity index (χ4n) is 3.73. The summed E-state index contributed by atoms with van der Waals surface area (Å²) in [4.78, 5) is 53.9. The third-order valence-corrected chi connectivity index (χ3v) is 6.00. The van der Waals surface area contributed by atoms with Crippen molar-refractivity contribution in [3.8, 4) is 0 Å². The molecule has 0 aliphatic carbocycles. The summed E-state index contributed by atoms with van der Waals surface area (Å²) in [6.45, 7) is 5.10. The minimum Gasteiger partial charge on any atom is -0.876 e. The number of hydrogen-bond donors (Lipinski definition) is 0. The predicted octanol–water partition coefficient (Wildman–Crippen LogP) is 5.01. The average molecular weight is 852 g/mol. The zero-order valence-electron chi connectivity index (χ0n) is 30.9. The fourth-order valence-corrected chi connectivity index (χ4v) is 3.73. The van der Waals surface area contributed by atoms with Crippen LogP contribution in [0.1, 0.15) is 69.1 Å². The molecule has 0 saturated carbocycles.